The van der Waals surface area contributed by atoms with Crippen molar-refractivity contribution in [1.82, 2.24) is 10.6 Å². The highest BCUT2D eigenvalue weighted by molar-refractivity contribution is 6.33. The van der Waals surface area contributed by atoms with Gasteiger partial charge in [-0.15, -0.1) is 0 Å². The fourth-order valence-electron chi connectivity index (χ4n) is 2.13. The quantitative estimate of drug-likeness (QED) is 0.780. The molecule has 98 valence electrons. The molecule has 1 saturated heterocycles. The van der Waals surface area contributed by atoms with Crippen molar-refractivity contribution in [3.63, 3.8) is 0 Å². The molecule has 0 spiro atoms. The second kappa shape index (κ2) is 6.07. The zero-order chi connectivity index (χ0) is 13.0. The smallest absolute Gasteiger partial charge is 0.252 e. The molecule has 1 heterocycles. The third kappa shape index (κ3) is 3.37. The lowest BCUT2D eigenvalue weighted by molar-refractivity contribution is 0.0951. The molecule has 0 aliphatic carbocycles. The number of amides is 1. The molecule has 1 aromatic carbocycles. The molecule has 1 unspecified atom stereocenters. The highest BCUT2D eigenvalue weighted by Crippen LogP contribution is 2.21. The minimum Gasteiger partial charge on any atom is -0.508 e. The Labute approximate surface area is 111 Å². The predicted octanol–water partition coefficient (Wildman–Crippen LogP) is 1.77. The summed E-state index contributed by atoms with van der Waals surface area (Å²) < 4.78 is 0. The molecule has 5 heteroatoms. The van der Waals surface area contributed by atoms with Crippen molar-refractivity contribution in [2.75, 3.05) is 19.6 Å². The highest BCUT2D eigenvalue weighted by atomic mass is 35.5. The van der Waals surface area contributed by atoms with E-state index in [4.69, 9.17) is 11.6 Å². The van der Waals surface area contributed by atoms with E-state index in [-0.39, 0.29) is 11.7 Å². The van der Waals surface area contributed by atoms with Crippen molar-refractivity contribution in [2.24, 2.45) is 5.92 Å². The van der Waals surface area contributed by atoms with Gasteiger partial charge in [0.15, 0.2) is 0 Å². The summed E-state index contributed by atoms with van der Waals surface area (Å²) in [5, 5.41) is 15.8. The number of aromatic hydroxyl groups is 1. The predicted molar refractivity (Wildman–Crippen MR) is 71.0 cm³/mol. The standard InChI is InChI=1S/C13H17ClN2O2/c14-12-2-1-10(17)7-11(12)13(18)16-6-4-9-3-5-15-8-9/h1-2,7,9,15,17H,3-6,8H2,(H,16,18). The number of carbonyl (C=O) groups is 1. The van der Waals surface area contributed by atoms with Gasteiger partial charge >= 0.3 is 0 Å². The number of nitrogens with one attached hydrogen (secondary N) is 2. The number of carbonyl (C=O) groups excluding carboxylic acids is 1. The van der Waals surface area contributed by atoms with E-state index < -0.39 is 0 Å². The lowest BCUT2D eigenvalue weighted by Gasteiger charge is -2.10. The lowest BCUT2D eigenvalue weighted by Crippen LogP contribution is -2.26. The topological polar surface area (TPSA) is 61.4 Å². The van der Waals surface area contributed by atoms with E-state index in [1.165, 1.54) is 24.6 Å². The van der Waals surface area contributed by atoms with E-state index in [1.807, 2.05) is 0 Å². The fourth-order valence-corrected chi connectivity index (χ4v) is 2.34. The molecule has 2 rings (SSSR count). The molecule has 0 bridgehead atoms. The normalized spacial score (nSPS) is 18.8. The van der Waals surface area contributed by atoms with E-state index in [1.54, 1.807) is 0 Å². The SMILES string of the molecule is O=C(NCCC1CCNC1)c1cc(O)ccc1Cl. The summed E-state index contributed by atoms with van der Waals surface area (Å²) >= 11 is 5.92. The van der Waals surface area contributed by atoms with Gasteiger partial charge in [0.25, 0.3) is 5.91 Å². The Hall–Kier alpha value is -1.26. The van der Waals surface area contributed by atoms with Gasteiger partial charge in [0.05, 0.1) is 10.6 Å². The molecule has 1 aliphatic heterocycles. The van der Waals surface area contributed by atoms with Crippen molar-refractivity contribution in [3.8, 4) is 5.75 Å². The number of halogens is 1. The van der Waals surface area contributed by atoms with Crippen LogP contribution in [0.3, 0.4) is 0 Å². The highest BCUT2D eigenvalue weighted by Gasteiger charge is 2.15. The maximum atomic E-state index is 11.9. The van der Waals surface area contributed by atoms with Crippen molar-refractivity contribution < 1.29 is 9.90 Å². The van der Waals surface area contributed by atoms with Crippen LogP contribution in [0.2, 0.25) is 5.02 Å². The first-order valence-electron chi connectivity index (χ1n) is 6.14. The summed E-state index contributed by atoms with van der Waals surface area (Å²) in [6, 6.07) is 4.37. The van der Waals surface area contributed by atoms with E-state index in [2.05, 4.69) is 10.6 Å². The number of rotatable bonds is 4. The van der Waals surface area contributed by atoms with Crippen LogP contribution in [0.5, 0.6) is 5.75 Å². The number of benzene rings is 1. The van der Waals surface area contributed by atoms with E-state index in [0.29, 0.717) is 23.0 Å². The van der Waals surface area contributed by atoms with Crippen LogP contribution in [0.15, 0.2) is 18.2 Å². The Morgan fingerprint density at radius 2 is 2.39 bits per heavy atom. The van der Waals surface area contributed by atoms with Crippen molar-refractivity contribution in [2.45, 2.75) is 12.8 Å². The monoisotopic (exact) mass is 268 g/mol. The fraction of sp³-hybridized carbons (Fsp3) is 0.462. The Bertz CT molecular complexity index is 431. The van der Waals surface area contributed by atoms with E-state index in [9.17, 15) is 9.90 Å². The second-order valence-electron chi connectivity index (χ2n) is 4.57. The molecule has 1 aromatic rings. The summed E-state index contributed by atoms with van der Waals surface area (Å²) in [6.45, 7) is 2.73. The minimum absolute atomic E-state index is 0.0459. The van der Waals surface area contributed by atoms with Crippen molar-refractivity contribution in [3.05, 3.63) is 28.8 Å². The summed E-state index contributed by atoms with van der Waals surface area (Å²) in [5.74, 6) is 0.455. The first-order valence-corrected chi connectivity index (χ1v) is 6.52. The molecule has 0 saturated carbocycles. The van der Waals surface area contributed by atoms with Crippen LogP contribution in [-0.2, 0) is 0 Å². The van der Waals surface area contributed by atoms with Crippen LogP contribution in [0.25, 0.3) is 0 Å². The molecule has 18 heavy (non-hydrogen) atoms. The zero-order valence-electron chi connectivity index (χ0n) is 10.1. The van der Waals surface area contributed by atoms with Crippen LogP contribution in [0.4, 0.5) is 0 Å². The van der Waals surface area contributed by atoms with Crippen LogP contribution in [0, 0.1) is 5.92 Å². The van der Waals surface area contributed by atoms with Crippen LogP contribution in [0.1, 0.15) is 23.2 Å². The maximum Gasteiger partial charge on any atom is 0.252 e. The van der Waals surface area contributed by atoms with Gasteiger partial charge in [0.1, 0.15) is 5.75 Å². The molecule has 0 aromatic heterocycles. The Kier molecular flexibility index (Phi) is 4.44. The second-order valence-corrected chi connectivity index (χ2v) is 4.97. The molecule has 1 aliphatic rings. The van der Waals surface area contributed by atoms with Gasteiger partial charge in [0.2, 0.25) is 0 Å². The summed E-state index contributed by atoms with van der Waals surface area (Å²) in [5.41, 5.74) is 0.321. The molecule has 0 radical (unpaired) electrons. The van der Waals surface area contributed by atoms with Crippen molar-refractivity contribution in [1.29, 1.82) is 0 Å². The average Bonchev–Trinajstić information content (AvgIpc) is 2.85. The van der Waals surface area contributed by atoms with Crippen molar-refractivity contribution >= 4 is 17.5 Å². The molecule has 4 nitrogen and oxygen atoms in total. The third-order valence-corrected chi connectivity index (χ3v) is 3.52. The van der Waals surface area contributed by atoms with Crippen LogP contribution < -0.4 is 10.6 Å². The Morgan fingerprint density at radius 1 is 1.56 bits per heavy atom. The van der Waals surface area contributed by atoms with Gasteiger partial charge in [-0.1, -0.05) is 11.6 Å². The van der Waals surface area contributed by atoms with Crippen LogP contribution >= 0.6 is 11.6 Å². The maximum absolute atomic E-state index is 11.9. The average molecular weight is 269 g/mol. The largest absolute Gasteiger partial charge is 0.508 e. The Balaban J connectivity index is 1.85. The third-order valence-electron chi connectivity index (χ3n) is 3.20. The van der Waals surface area contributed by atoms with Gasteiger partial charge in [0, 0.05) is 6.54 Å². The zero-order valence-corrected chi connectivity index (χ0v) is 10.8. The minimum atomic E-state index is -0.234. The number of hydrogen-bond acceptors (Lipinski definition) is 3. The first kappa shape index (κ1) is 13.2. The molecule has 1 atom stereocenters. The summed E-state index contributed by atoms with van der Waals surface area (Å²) in [6.07, 6.45) is 2.14. The van der Waals surface area contributed by atoms with E-state index >= 15 is 0 Å². The Morgan fingerprint density at radius 3 is 3.11 bits per heavy atom. The number of phenolic OH excluding ortho intramolecular Hbond substituents is 1. The molecule has 1 amide bonds. The molecule has 1 fully saturated rings. The van der Waals surface area contributed by atoms with Gasteiger partial charge in [-0.05, 0) is 50.0 Å². The molecular weight excluding hydrogens is 252 g/mol. The van der Waals surface area contributed by atoms with E-state index in [0.717, 1.165) is 19.5 Å². The summed E-state index contributed by atoms with van der Waals surface area (Å²) in [7, 11) is 0. The number of hydrogen-bond donors (Lipinski definition) is 3. The molecule has 3 N–H and O–H groups in total. The first-order chi connectivity index (χ1) is 8.66. The van der Waals surface area contributed by atoms with Gasteiger partial charge < -0.3 is 15.7 Å². The molecular formula is C13H17ClN2O2. The summed E-state index contributed by atoms with van der Waals surface area (Å²) in [4.78, 5) is 11.9. The van der Waals surface area contributed by atoms with Gasteiger partial charge in [-0.3, -0.25) is 4.79 Å². The lowest BCUT2D eigenvalue weighted by atomic mass is 10.1. The number of phenols is 1. The van der Waals surface area contributed by atoms with Gasteiger partial charge in [-0.2, -0.15) is 0 Å². The van der Waals surface area contributed by atoms with Gasteiger partial charge in [-0.25, -0.2) is 0 Å². The van der Waals surface area contributed by atoms with Crippen LogP contribution in [-0.4, -0.2) is 30.6 Å².